The van der Waals surface area contributed by atoms with Gasteiger partial charge in [0.1, 0.15) is 11.6 Å². The van der Waals surface area contributed by atoms with Crippen LogP contribution < -0.4 is 14.5 Å². The van der Waals surface area contributed by atoms with E-state index in [-0.39, 0.29) is 12.7 Å². The van der Waals surface area contributed by atoms with Gasteiger partial charge in [-0.15, -0.1) is 0 Å². The van der Waals surface area contributed by atoms with E-state index < -0.39 is 13.6 Å². The number of carbonyl (C=O) groups excluding carboxylic acids is 1. The summed E-state index contributed by atoms with van der Waals surface area (Å²) in [5, 5.41) is 0. The molecule has 0 radical (unpaired) electrons. The second-order valence-corrected chi connectivity index (χ2v) is 12.4. The first-order valence-electron chi connectivity index (χ1n) is 13.3. The number of carbonyl (C=O) groups is 1. The first-order valence-corrected chi connectivity index (χ1v) is 15.1. The van der Waals surface area contributed by atoms with Crippen molar-refractivity contribution in [2.75, 3.05) is 44.2 Å². The molecule has 3 aromatic carbocycles. The summed E-state index contributed by atoms with van der Waals surface area (Å²) in [6.45, 7) is 5.14. The maximum atomic E-state index is 12.1. The standard InChI is InChI=1S/C31H37N4O5P/c1-20-18-25(19-21(2)30(20)40-22(3)36)31-32-28(23-8-12-26(13-9-23)33(4)5)29(35(31)16-17-41(37,38)39)24-10-14-27(15-11-24)34(6)7/h8-15,18-19H,16-17H2,1-7H3,(H2,37,38,39). The van der Waals surface area contributed by atoms with Crippen LogP contribution in [0.2, 0.25) is 0 Å². The molecule has 1 heterocycles. The van der Waals surface area contributed by atoms with E-state index in [9.17, 15) is 19.1 Å². The van der Waals surface area contributed by atoms with Gasteiger partial charge in [-0.3, -0.25) is 9.36 Å². The minimum atomic E-state index is -4.32. The molecule has 10 heteroatoms. The van der Waals surface area contributed by atoms with Gasteiger partial charge in [-0.1, -0.05) is 24.3 Å². The van der Waals surface area contributed by atoms with E-state index >= 15 is 0 Å². The summed E-state index contributed by atoms with van der Waals surface area (Å²) in [4.78, 5) is 40.5. The SMILES string of the molecule is CC(=O)Oc1c(C)cc(-c2nc(-c3ccc(N(C)C)cc3)c(-c3ccc(N(C)C)cc3)n2CCP(=O)(O)O)cc1C. The van der Waals surface area contributed by atoms with Crippen molar-refractivity contribution in [3.8, 4) is 39.7 Å². The highest BCUT2D eigenvalue weighted by molar-refractivity contribution is 7.51. The summed E-state index contributed by atoms with van der Waals surface area (Å²) in [7, 11) is 3.58. The molecule has 216 valence electrons. The Bertz CT molecular complexity index is 1580. The van der Waals surface area contributed by atoms with Gasteiger partial charge in [0.2, 0.25) is 0 Å². The van der Waals surface area contributed by atoms with Crippen molar-refractivity contribution in [2.45, 2.75) is 27.3 Å². The van der Waals surface area contributed by atoms with Crippen LogP contribution in [0, 0.1) is 13.8 Å². The summed E-state index contributed by atoms with van der Waals surface area (Å²) < 4.78 is 19.4. The Hall–Kier alpha value is -3.91. The average molecular weight is 577 g/mol. The van der Waals surface area contributed by atoms with Crippen LogP contribution in [0.5, 0.6) is 5.75 Å². The van der Waals surface area contributed by atoms with Crippen LogP contribution in [0.4, 0.5) is 11.4 Å². The maximum Gasteiger partial charge on any atom is 0.327 e. The smallest absolute Gasteiger partial charge is 0.327 e. The fraction of sp³-hybridized carbons (Fsp3) is 0.290. The molecule has 0 spiro atoms. The Morgan fingerprint density at radius 3 is 1.78 bits per heavy atom. The molecule has 0 unspecified atom stereocenters. The van der Waals surface area contributed by atoms with E-state index in [0.717, 1.165) is 44.9 Å². The molecule has 0 saturated carbocycles. The number of rotatable bonds is 9. The average Bonchev–Trinajstić information content (AvgIpc) is 3.28. The number of esters is 1. The molecule has 0 fully saturated rings. The lowest BCUT2D eigenvalue weighted by atomic mass is 10.0. The monoisotopic (exact) mass is 576 g/mol. The van der Waals surface area contributed by atoms with Gasteiger partial charge >= 0.3 is 13.6 Å². The van der Waals surface area contributed by atoms with Crippen LogP contribution in [-0.4, -0.2) is 59.7 Å². The van der Waals surface area contributed by atoms with Crippen LogP contribution in [0.3, 0.4) is 0 Å². The maximum absolute atomic E-state index is 12.1. The van der Waals surface area contributed by atoms with Crippen LogP contribution in [0.1, 0.15) is 18.1 Å². The Labute approximate surface area is 241 Å². The van der Waals surface area contributed by atoms with Gasteiger partial charge in [0.05, 0.1) is 17.5 Å². The Morgan fingerprint density at radius 2 is 1.34 bits per heavy atom. The van der Waals surface area contributed by atoms with Crippen molar-refractivity contribution in [3.05, 3.63) is 71.8 Å². The fourth-order valence-corrected chi connectivity index (χ4v) is 5.29. The molecule has 1 aromatic heterocycles. The highest BCUT2D eigenvalue weighted by atomic mass is 31.2. The highest BCUT2D eigenvalue weighted by Gasteiger charge is 2.25. The minimum Gasteiger partial charge on any atom is -0.426 e. The number of benzene rings is 3. The summed E-state index contributed by atoms with van der Waals surface area (Å²) in [6.07, 6.45) is -0.346. The number of ether oxygens (including phenoxy) is 1. The first-order chi connectivity index (χ1) is 19.2. The lowest BCUT2D eigenvalue weighted by Gasteiger charge is -2.17. The zero-order valence-electron chi connectivity index (χ0n) is 24.5. The van der Waals surface area contributed by atoms with E-state index in [2.05, 4.69) is 0 Å². The predicted octanol–water partition coefficient (Wildman–Crippen LogP) is 5.74. The van der Waals surface area contributed by atoms with Crippen LogP contribution in [-0.2, 0) is 15.9 Å². The van der Waals surface area contributed by atoms with Gasteiger partial charge in [-0.25, -0.2) is 4.98 Å². The predicted molar refractivity (Wildman–Crippen MR) is 165 cm³/mol. The first kappa shape index (κ1) is 30.1. The third-order valence-corrected chi connectivity index (χ3v) is 7.64. The van der Waals surface area contributed by atoms with E-state index in [1.165, 1.54) is 6.92 Å². The van der Waals surface area contributed by atoms with Gasteiger partial charge in [0.25, 0.3) is 0 Å². The topological polar surface area (TPSA) is 108 Å². The zero-order valence-corrected chi connectivity index (χ0v) is 25.4. The summed E-state index contributed by atoms with van der Waals surface area (Å²) in [5.74, 6) is 0.657. The van der Waals surface area contributed by atoms with Gasteiger partial charge in [0.15, 0.2) is 0 Å². The molecule has 4 aromatic rings. The molecule has 41 heavy (non-hydrogen) atoms. The van der Waals surface area contributed by atoms with E-state index in [0.29, 0.717) is 17.3 Å². The highest BCUT2D eigenvalue weighted by Crippen LogP contribution is 2.41. The Morgan fingerprint density at radius 1 is 0.854 bits per heavy atom. The molecule has 0 amide bonds. The quantitative estimate of drug-likeness (QED) is 0.148. The lowest BCUT2D eigenvalue weighted by molar-refractivity contribution is -0.131. The van der Waals surface area contributed by atoms with Gasteiger partial charge in [-0.2, -0.15) is 0 Å². The van der Waals surface area contributed by atoms with Crippen LogP contribution >= 0.6 is 7.60 Å². The van der Waals surface area contributed by atoms with Gasteiger partial charge in [-0.05, 0) is 61.4 Å². The number of aryl methyl sites for hydroxylation is 2. The summed E-state index contributed by atoms with van der Waals surface area (Å²) >= 11 is 0. The molecular formula is C31H37N4O5P. The molecule has 0 saturated heterocycles. The van der Waals surface area contributed by atoms with Crippen molar-refractivity contribution in [1.29, 1.82) is 0 Å². The number of imidazole rings is 1. The Kier molecular flexibility index (Phi) is 8.73. The lowest BCUT2D eigenvalue weighted by Crippen LogP contribution is -2.09. The number of hydrogen-bond donors (Lipinski definition) is 2. The van der Waals surface area contributed by atoms with Crippen molar-refractivity contribution in [2.24, 2.45) is 0 Å². The molecule has 9 nitrogen and oxygen atoms in total. The fourth-order valence-electron chi connectivity index (χ4n) is 4.83. The van der Waals surface area contributed by atoms with E-state index in [4.69, 9.17) is 9.72 Å². The molecule has 2 N–H and O–H groups in total. The number of nitrogens with zero attached hydrogens (tertiary/aromatic N) is 4. The van der Waals surface area contributed by atoms with Crippen LogP contribution in [0.25, 0.3) is 33.9 Å². The Balaban J connectivity index is 2.01. The zero-order chi connectivity index (χ0) is 30.1. The van der Waals surface area contributed by atoms with Crippen LogP contribution in [0.15, 0.2) is 60.7 Å². The molecule has 4 rings (SSSR count). The summed E-state index contributed by atoms with van der Waals surface area (Å²) in [6, 6.07) is 19.9. The van der Waals surface area contributed by atoms with Gasteiger partial charge < -0.3 is 28.9 Å². The second kappa shape index (κ2) is 11.9. The van der Waals surface area contributed by atoms with Crippen molar-refractivity contribution in [1.82, 2.24) is 9.55 Å². The number of aromatic nitrogens is 2. The molecule has 0 aliphatic heterocycles. The molecule has 0 bridgehead atoms. The molecule has 0 aliphatic rings. The van der Waals surface area contributed by atoms with E-state index in [1.807, 2.05) is 117 Å². The summed E-state index contributed by atoms with van der Waals surface area (Å²) in [5.41, 5.74) is 7.55. The van der Waals surface area contributed by atoms with Gasteiger partial charge in [0, 0.05) is 69.7 Å². The third kappa shape index (κ3) is 6.88. The molecule has 0 atom stereocenters. The number of anilines is 2. The molecular weight excluding hydrogens is 539 g/mol. The number of hydrogen-bond acceptors (Lipinski definition) is 6. The largest absolute Gasteiger partial charge is 0.426 e. The third-order valence-electron chi connectivity index (χ3n) is 6.86. The van der Waals surface area contributed by atoms with Crippen molar-refractivity contribution in [3.63, 3.8) is 0 Å². The van der Waals surface area contributed by atoms with Crippen molar-refractivity contribution < 1.29 is 23.9 Å². The second-order valence-electron chi connectivity index (χ2n) is 10.6. The minimum absolute atomic E-state index is 0.0525. The molecule has 0 aliphatic carbocycles. The van der Waals surface area contributed by atoms with Crippen molar-refractivity contribution >= 4 is 24.9 Å². The van der Waals surface area contributed by atoms with E-state index in [1.54, 1.807) is 0 Å². The normalized spacial score (nSPS) is 11.4.